The molecule has 0 saturated heterocycles. The fraction of sp³-hybridized carbons (Fsp3) is 0.500. The first-order valence-corrected chi connectivity index (χ1v) is 2.93. The number of hydrogen-bond donors (Lipinski definition) is 2. The third-order valence-electron chi connectivity index (χ3n) is 1.53. The van der Waals surface area contributed by atoms with Crippen molar-refractivity contribution in [2.45, 2.75) is 5.66 Å². The Morgan fingerprint density at radius 1 is 1.33 bits per heavy atom. The summed E-state index contributed by atoms with van der Waals surface area (Å²) in [6.45, 7) is 0. The van der Waals surface area contributed by atoms with Crippen LogP contribution in [0.2, 0.25) is 0 Å². The summed E-state index contributed by atoms with van der Waals surface area (Å²) in [5.41, 5.74) is -0.194. The third kappa shape index (κ3) is 1.01. The number of hydrogen-bond acceptors (Lipinski definition) is 3. The van der Waals surface area contributed by atoms with E-state index in [1.807, 2.05) is 26.4 Å². The van der Waals surface area contributed by atoms with E-state index in [1.54, 1.807) is 6.20 Å². The van der Waals surface area contributed by atoms with E-state index >= 15 is 0 Å². The van der Waals surface area contributed by atoms with Crippen LogP contribution < -0.4 is 10.6 Å². The molecule has 3 nitrogen and oxygen atoms in total. The molecule has 1 rings (SSSR count). The van der Waals surface area contributed by atoms with Crippen LogP contribution in [0.5, 0.6) is 0 Å². The first-order chi connectivity index (χ1) is 4.33. The second-order valence-corrected chi connectivity index (χ2v) is 1.96. The zero-order valence-electron chi connectivity index (χ0n) is 5.68. The van der Waals surface area contributed by atoms with Gasteiger partial charge in [-0.25, -0.2) is 0 Å². The van der Waals surface area contributed by atoms with Crippen LogP contribution in [-0.2, 0) is 0 Å². The van der Waals surface area contributed by atoms with Crippen LogP contribution >= 0.6 is 0 Å². The number of nitrogens with one attached hydrogen (secondary N) is 2. The van der Waals surface area contributed by atoms with Crippen molar-refractivity contribution in [2.24, 2.45) is 4.99 Å². The summed E-state index contributed by atoms with van der Waals surface area (Å²) in [5, 5.41) is 6.16. The molecule has 0 amide bonds. The number of nitrogens with zero attached hydrogens (tertiary/aromatic N) is 1. The molecule has 0 spiro atoms. The average molecular weight is 125 g/mol. The van der Waals surface area contributed by atoms with E-state index in [1.165, 1.54) is 0 Å². The van der Waals surface area contributed by atoms with Gasteiger partial charge in [-0.05, 0) is 20.2 Å². The van der Waals surface area contributed by atoms with Crippen LogP contribution in [-0.4, -0.2) is 26.0 Å². The van der Waals surface area contributed by atoms with Crippen molar-refractivity contribution in [3.63, 3.8) is 0 Å². The maximum Gasteiger partial charge on any atom is 0.126 e. The quantitative estimate of drug-likeness (QED) is 0.498. The van der Waals surface area contributed by atoms with Gasteiger partial charge < -0.3 is 0 Å². The molecule has 0 aromatic heterocycles. The highest BCUT2D eigenvalue weighted by Gasteiger charge is 2.21. The first-order valence-electron chi connectivity index (χ1n) is 2.93. The van der Waals surface area contributed by atoms with Crippen molar-refractivity contribution in [2.75, 3.05) is 14.1 Å². The van der Waals surface area contributed by atoms with Gasteiger partial charge in [0.15, 0.2) is 0 Å². The molecule has 0 fully saturated rings. The lowest BCUT2D eigenvalue weighted by atomic mass is 10.2. The second kappa shape index (κ2) is 2.29. The fourth-order valence-electron chi connectivity index (χ4n) is 0.785. The number of likely N-dealkylation sites (N-methyl/N-ethyl adjacent to an activating group) is 2. The standard InChI is InChI=1S/C6H11N3/c1-7-6(8-2)3-4-9-5-6/h3-5,7-8H,1-2H3. The molecule has 0 aromatic rings. The Hall–Kier alpha value is -0.670. The van der Waals surface area contributed by atoms with Crippen molar-refractivity contribution >= 4 is 6.21 Å². The smallest absolute Gasteiger partial charge is 0.126 e. The Kier molecular flexibility index (Phi) is 1.64. The fourth-order valence-corrected chi connectivity index (χ4v) is 0.785. The largest absolute Gasteiger partial charge is 0.294 e. The molecular formula is C6H11N3. The van der Waals surface area contributed by atoms with E-state index in [-0.39, 0.29) is 5.66 Å². The van der Waals surface area contributed by atoms with Crippen molar-refractivity contribution in [1.29, 1.82) is 0 Å². The van der Waals surface area contributed by atoms with Crippen LogP contribution in [0.3, 0.4) is 0 Å². The Morgan fingerprint density at radius 3 is 2.22 bits per heavy atom. The molecule has 0 unspecified atom stereocenters. The van der Waals surface area contributed by atoms with Crippen LogP contribution in [0, 0.1) is 0 Å². The van der Waals surface area contributed by atoms with E-state index in [0.29, 0.717) is 0 Å². The SMILES string of the molecule is CNC1(NC)C=CN=C1. The lowest BCUT2D eigenvalue weighted by molar-refractivity contribution is 0.511. The second-order valence-electron chi connectivity index (χ2n) is 1.96. The highest BCUT2D eigenvalue weighted by atomic mass is 15.2. The molecule has 1 heterocycles. The molecule has 0 atom stereocenters. The molecule has 3 heteroatoms. The van der Waals surface area contributed by atoms with Crippen molar-refractivity contribution < 1.29 is 0 Å². The highest BCUT2D eigenvalue weighted by Crippen LogP contribution is 2.03. The van der Waals surface area contributed by atoms with Gasteiger partial charge in [0.1, 0.15) is 5.66 Å². The topological polar surface area (TPSA) is 36.4 Å². The van der Waals surface area contributed by atoms with Crippen molar-refractivity contribution in [3.8, 4) is 0 Å². The van der Waals surface area contributed by atoms with E-state index in [4.69, 9.17) is 0 Å². The third-order valence-corrected chi connectivity index (χ3v) is 1.53. The monoisotopic (exact) mass is 125 g/mol. The molecular weight excluding hydrogens is 114 g/mol. The summed E-state index contributed by atoms with van der Waals surface area (Å²) in [5.74, 6) is 0. The molecule has 0 bridgehead atoms. The van der Waals surface area contributed by atoms with Gasteiger partial charge in [0.2, 0.25) is 0 Å². The van der Waals surface area contributed by atoms with Crippen LogP contribution in [0.4, 0.5) is 0 Å². The highest BCUT2D eigenvalue weighted by molar-refractivity contribution is 5.75. The van der Waals surface area contributed by atoms with Gasteiger partial charge in [-0.2, -0.15) is 0 Å². The average Bonchev–Trinajstić information content (AvgIpc) is 2.36. The molecule has 0 aromatic carbocycles. The molecule has 50 valence electrons. The molecule has 0 saturated carbocycles. The maximum absolute atomic E-state index is 3.95. The molecule has 0 aliphatic carbocycles. The van der Waals surface area contributed by atoms with Crippen molar-refractivity contribution in [3.05, 3.63) is 12.3 Å². The van der Waals surface area contributed by atoms with Gasteiger partial charge in [0.05, 0.1) is 0 Å². The summed E-state index contributed by atoms with van der Waals surface area (Å²) >= 11 is 0. The number of rotatable bonds is 2. The molecule has 1 aliphatic heterocycles. The lowest BCUT2D eigenvalue weighted by Gasteiger charge is -2.21. The first kappa shape index (κ1) is 6.45. The zero-order valence-corrected chi connectivity index (χ0v) is 5.68. The normalized spacial score (nSPS) is 21.1. The van der Waals surface area contributed by atoms with E-state index in [0.717, 1.165) is 0 Å². The van der Waals surface area contributed by atoms with Crippen LogP contribution in [0.15, 0.2) is 17.3 Å². The van der Waals surface area contributed by atoms with Gasteiger partial charge in [0, 0.05) is 12.4 Å². The Balaban J connectivity index is 2.69. The summed E-state index contributed by atoms with van der Waals surface area (Å²) in [6.07, 6.45) is 5.56. The lowest BCUT2D eigenvalue weighted by Crippen LogP contribution is -2.52. The Labute approximate surface area is 54.9 Å². The van der Waals surface area contributed by atoms with Gasteiger partial charge in [-0.3, -0.25) is 15.6 Å². The van der Waals surface area contributed by atoms with Gasteiger partial charge in [0.25, 0.3) is 0 Å². The minimum absolute atomic E-state index is 0.194. The zero-order chi connectivity index (χ0) is 6.74. The molecule has 1 aliphatic rings. The van der Waals surface area contributed by atoms with Crippen LogP contribution in [0.25, 0.3) is 0 Å². The van der Waals surface area contributed by atoms with Gasteiger partial charge in [-0.1, -0.05) is 0 Å². The summed E-state index contributed by atoms with van der Waals surface area (Å²) < 4.78 is 0. The minimum Gasteiger partial charge on any atom is -0.294 e. The maximum atomic E-state index is 3.95. The van der Waals surface area contributed by atoms with E-state index in [2.05, 4.69) is 15.6 Å². The molecule has 2 N–H and O–H groups in total. The predicted octanol–water partition coefficient (Wildman–Crippen LogP) is -0.280. The number of aliphatic imine (C=N–C) groups is 1. The van der Waals surface area contributed by atoms with Gasteiger partial charge in [-0.15, -0.1) is 0 Å². The Morgan fingerprint density at radius 2 is 2.00 bits per heavy atom. The van der Waals surface area contributed by atoms with Crippen LogP contribution in [0.1, 0.15) is 0 Å². The minimum atomic E-state index is -0.194. The van der Waals surface area contributed by atoms with E-state index in [9.17, 15) is 0 Å². The summed E-state index contributed by atoms with van der Waals surface area (Å²) in [4.78, 5) is 3.95. The summed E-state index contributed by atoms with van der Waals surface area (Å²) in [7, 11) is 3.77. The predicted molar refractivity (Wildman–Crippen MR) is 38.5 cm³/mol. The summed E-state index contributed by atoms with van der Waals surface area (Å²) in [6, 6.07) is 0. The van der Waals surface area contributed by atoms with Crippen molar-refractivity contribution in [1.82, 2.24) is 10.6 Å². The molecule has 9 heavy (non-hydrogen) atoms. The Bertz CT molecular complexity index is 130. The van der Waals surface area contributed by atoms with E-state index < -0.39 is 0 Å². The molecule has 0 radical (unpaired) electrons. The van der Waals surface area contributed by atoms with Gasteiger partial charge >= 0.3 is 0 Å².